The number of aryl methyl sites for hydroxylation is 3. The van der Waals surface area contributed by atoms with Gasteiger partial charge in [-0.05, 0) is 67.6 Å². The van der Waals surface area contributed by atoms with Crippen LogP contribution in [-0.2, 0) is 11.2 Å². The molecule has 116 valence electrons. The number of benzene rings is 2. The number of hydrogen-bond acceptors (Lipinski definition) is 1. The molecule has 2 rings (SSSR count). The Bertz CT molecular complexity index is 694. The summed E-state index contributed by atoms with van der Waals surface area (Å²) in [5.41, 5.74) is 5.96. The zero-order valence-electron chi connectivity index (χ0n) is 13.5. The van der Waals surface area contributed by atoms with Crippen LogP contribution in [0.2, 0.25) is 0 Å². The molecule has 0 fully saturated rings. The molecule has 1 amide bonds. The zero-order valence-corrected chi connectivity index (χ0v) is 15.1. The normalized spacial score (nSPS) is 12.0. The van der Waals surface area contributed by atoms with E-state index in [0.717, 1.165) is 10.0 Å². The van der Waals surface area contributed by atoms with Gasteiger partial charge in [-0.15, -0.1) is 0 Å². The first-order chi connectivity index (χ1) is 10.4. The minimum Gasteiger partial charge on any atom is -0.349 e. The average molecular weight is 360 g/mol. The summed E-state index contributed by atoms with van der Waals surface area (Å²) in [4.78, 5) is 12.2. The lowest BCUT2D eigenvalue weighted by molar-refractivity contribution is -0.121. The Morgan fingerprint density at radius 1 is 1.09 bits per heavy atom. The highest BCUT2D eigenvalue weighted by Gasteiger charge is 2.13. The van der Waals surface area contributed by atoms with Gasteiger partial charge >= 0.3 is 0 Å². The smallest absolute Gasteiger partial charge is 0.224 e. The van der Waals surface area contributed by atoms with Crippen molar-refractivity contribution in [2.24, 2.45) is 0 Å². The first-order valence-corrected chi connectivity index (χ1v) is 8.27. The fourth-order valence-electron chi connectivity index (χ4n) is 2.65. The summed E-state index contributed by atoms with van der Waals surface area (Å²) in [7, 11) is 0. The van der Waals surface area contributed by atoms with Crippen LogP contribution in [-0.4, -0.2) is 5.91 Å². The summed E-state index contributed by atoms with van der Waals surface area (Å²) in [5, 5.41) is 3.10. The van der Waals surface area contributed by atoms with Crippen molar-refractivity contribution >= 4 is 21.8 Å². The van der Waals surface area contributed by atoms with E-state index in [0.29, 0.717) is 6.42 Å². The maximum Gasteiger partial charge on any atom is 0.224 e. The van der Waals surface area contributed by atoms with Crippen molar-refractivity contribution < 1.29 is 4.79 Å². The Morgan fingerprint density at radius 3 is 2.45 bits per heavy atom. The maximum atomic E-state index is 12.2. The summed E-state index contributed by atoms with van der Waals surface area (Å²) in [6.45, 7) is 8.35. The SMILES string of the molecule is Cc1cc(C)c(C(C)NC(=O)Cc2cccc(Br)c2)cc1C. The maximum absolute atomic E-state index is 12.2. The second kappa shape index (κ2) is 7.10. The number of carbonyl (C=O) groups excluding carboxylic acids is 1. The van der Waals surface area contributed by atoms with E-state index >= 15 is 0 Å². The fraction of sp³-hybridized carbons (Fsp3) is 0.316. The molecule has 0 spiro atoms. The third-order valence-corrected chi connectivity index (χ3v) is 4.47. The molecule has 0 saturated heterocycles. The molecule has 0 aromatic heterocycles. The van der Waals surface area contributed by atoms with Crippen molar-refractivity contribution in [3.05, 3.63) is 68.7 Å². The highest BCUT2D eigenvalue weighted by Crippen LogP contribution is 2.22. The molecular weight excluding hydrogens is 338 g/mol. The lowest BCUT2D eigenvalue weighted by Gasteiger charge is -2.18. The van der Waals surface area contributed by atoms with Crippen LogP contribution in [0.15, 0.2) is 40.9 Å². The largest absolute Gasteiger partial charge is 0.349 e. The number of carbonyl (C=O) groups is 1. The fourth-order valence-corrected chi connectivity index (χ4v) is 3.10. The van der Waals surface area contributed by atoms with Crippen molar-refractivity contribution in [2.45, 2.75) is 40.2 Å². The molecule has 0 bridgehead atoms. The molecule has 2 aromatic rings. The molecule has 3 heteroatoms. The minimum atomic E-state index is 0.0129. The summed E-state index contributed by atoms with van der Waals surface area (Å²) in [6.07, 6.45) is 0.396. The van der Waals surface area contributed by atoms with Crippen molar-refractivity contribution in [3.63, 3.8) is 0 Å². The lowest BCUT2D eigenvalue weighted by Crippen LogP contribution is -2.28. The van der Waals surface area contributed by atoms with Crippen LogP contribution in [0.25, 0.3) is 0 Å². The van der Waals surface area contributed by atoms with E-state index in [1.54, 1.807) is 0 Å². The van der Waals surface area contributed by atoms with E-state index in [9.17, 15) is 4.79 Å². The molecule has 0 aliphatic carbocycles. The van der Waals surface area contributed by atoms with Crippen LogP contribution in [0.3, 0.4) is 0 Å². The molecule has 2 nitrogen and oxygen atoms in total. The van der Waals surface area contributed by atoms with E-state index in [2.05, 4.69) is 54.2 Å². The van der Waals surface area contributed by atoms with Gasteiger partial charge in [-0.2, -0.15) is 0 Å². The Hall–Kier alpha value is -1.61. The van der Waals surface area contributed by atoms with Gasteiger partial charge in [0.15, 0.2) is 0 Å². The molecule has 0 heterocycles. The summed E-state index contributed by atoms with van der Waals surface area (Å²) in [6, 6.07) is 12.2. The Labute approximate surface area is 141 Å². The number of amides is 1. The van der Waals surface area contributed by atoms with Crippen LogP contribution < -0.4 is 5.32 Å². The quantitative estimate of drug-likeness (QED) is 0.834. The van der Waals surface area contributed by atoms with Crippen molar-refractivity contribution in [2.75, 3.05) is 0 Å². The van der Waals surface area contributed by atoms with Gasteiger partial charge in [-0.1, -0.05) is 40.2 Å². The first kappa shape index (κ1) is 16.8. The van der Waals surface area contributed by atoms with Gasteiger partial charge in [0, 0.05) is 4.47 Å². The Kier molecular flexibility index (Phi) is 5.41. The Balaban J connectivity index is 2.07. The predicted molar refractivity (Wildman–Crippen MR) is 95.1 cm³/mol. The third-order valence-electron chi connectivity index (χ3n) is 3.98. The van der Waals surface area contributed by atoms with Crippen LogP contribution in [0.4, 0.5) is 0 Å². The van der Waals surface area contributed by atoms with Gasteiger partial charge in [0.1, 0.15) is 0 Å². The van der Waals surface area contributed by atoms with Crippen molar-refractivity contribution in [3.8, 4) is 0 Å². The number of hydrogen-bond donors (Lipinski definition) is 1. The molecular formula is C19H22BrNO. The molecule has 0 radical (unpaired) electrons. The van der Waals surface area contributed by atoms with Gasteiger partial charge in [0.25, 0.3) is 0 Å². The van der Waals surface area contributed by atoms with Crippen LogP contribution in [0.5, 0.6) is 0 Å². The molecule has 0 aliphatic rings. The minimum absolute atomic E-state index is 0.0129. The highest BCUT2D eigenvalue weighted by atomic mass is 79.9. The summed E-state index contributed by atoms with van der Waals surface area (Å²) < 4.78 is 0.996. The molecule has 2 aromatic carbocycles. The highest BCUT2D eigenvalue weighted by molar-refractivity contribution is 9.10. The monoisotopic (exact) mass is 359 g/mol. The van der Waals surface area contributed by atoms with Crippen LogP contribution >= 0.6 is 15.9 Å². The summed E-state index contributed by atoms with van der Waals surface area (Å²) >= 11 is 3.43. The van der Waals surface area contributed by atoms with E-state index in [1.165, 1.54) is 22.3 Å². The van der Waals surface area contributed by atoms with Gasteiger partial charge in [0.05, 0.1) is 12.5 Å². The van der Waals surface area contributed by atoms with Gasteiger partial charge in [-0.3, -0.25) is 4.79 Å². The van der Waals surface area contributed by atoms with Crippen LogP contribution in [0, 0.1) is 20.8 Å². The number of halogens is 1. The number of rotatable bonds is 4. The molecule has 1 N–H and O–H groups in total. The standard InChI is InChI=1S/C19H22BrNO/c1-12-8-14(3)18(9-13(12)2)15(4)21-19(22)11-16-6-5-7-17(20)10-16/h5-10,15H,11H2,1-4H3,(H,21,22). The lowest BCUT2D eigenvalue weighted by atomic mass is 9.96. The molecule has 1 unspecified atom stereocenters. The molecule has 0 aliphatic heterocycles. The zero-order chi connectivity index (χ0) is 16.3. The first-order valence-electron chi connectivity index (χ1n) is 7.48. The average Bonchev–Trinajstić information content (AvgIpc) is 2.42. The van der Waals surface area contributed by atoms with E-state index in [4.69, 9.17) is 0 Å². The van der Waals surface area contributed by atoms with E-state index in [1.807, 2.05) is 31.2 Å². The van der Waals surface area contributed by atoms with Gasteiger partial charge < -0.3 is 5.32 Å². The molecule has 0 saturated carbocycles. The molecule has 22 heavy (non-hydrogen) atoms. The molecule has 1 atom stereocenters. The second-order valence-electron chi connectivity index (χ2n) is 5.89. The number of nitrogens with one attached hydrogen (secondary N) is 1. The predicted octanol–water partition coefficient (Wildman–Crippen LogP) is 4.79. The van der Waals surface area contributed by atoms with Crippen LogP contribution in [0.1, 0.15) is 40.8 Å². The summed E-state index contributed by atoms with van der Waals surface area (Å²) in [5.74, 6) is 0.0447. The Morgan fingerprint density at radius 2 is 1.77 bits per heavy atom. The third kappa shape index (κ3) is 4.20. The van der Waals surface area contributed by atoms with Gasteiger partial charge in [-0.25, -0.2) is 0 Å². The van der Waals surface area contributed by atoms with Crippen molar-refractivity contribution in [1.82, 2.24) is 5.32 Å². The van der Waals surface area contributed by atoms with Crippen molar-refractivity contribution in [1.29, 1.82) is 0 Å². The second-order valence-corrected chi connectivity index (χ2v) is 6.80. The van der Waals surface area contributed by atoms with Gasteiger partial charge in [0.2, 0.25) is 5.91 Å². The topological polar surface area (TPSA) is 29.1 Å². The van der Waals surface area contributed by atoms with E-state index in [-0.39, 0.29) is 11.9 Å². The van der Waals surface area contributed by atoms with E-state index < -0.39 is 0 Å².